The maximum Gasteiger partial charge on any atom is 0.271 e. The van der Waals surface area contributed by atoms with Gasteiger partial charge in [0.1, 0.15) is 5.82 Å². The lowest BCUT2D eigenvalue weighted by atomic mass is 10.1. The molecule has 0 heterocycles. The lowest BCUT2D eigenvalue weighted by Gasteiger charge is -2.12. The molecule has 2 aromatic rings. The zero-order valence-electron chi connectivity index (χ0n) is 11.8. The fraction of sp³-hybridized carbons (Fsp3) is 0.143. The van der Waals surface area contributed by atoms with Gasteiger partial charge >= 0.3 is 0 Å². The number of anilines is 1. The molecule has 0 unspecified atom stereocenters. The van der Waals surface area contributed by atoms with Crippen molar-refractivity contribution in [2.45, 2.75) is 18.7 Å². The number of benzene rings is 2. The SMILES string of the molecule is Cc1cc([N+](=O)[O-])cc(S(=O)(=O)Nc2ccc(F)cc2)c1C. The molecule has 0 atom stereocenters. The largest absolute Gasteiger partial charge is 0.280 e. The second kappa shape index (κ2) is 5.72. The normalized spacial score (nSPS) is 11.2. The molecule has 1 N–H and O–H groups in total. The number of sulfonamides is 1. The van der Waals surface area contributed by atoms with Gasteiger partial charge in [0, 0.05) is 17.8 Å². The van der Waals surface area contributed by atoms with Crippen molar-refractivity contribution < 1.29 is 17.7 Å². The van der Waals surface area contributed by atoms with Gasteiger partial charge in [-0.15, -0.1) is 0 Å². The molecule has 0 saturated heterocycles. The second-order valence-corrected chi connectivity index (χ2v) is 6.41. The highest BCUT2D eigenvalue weighted by Gasteiger charge is 2.22. The van der Waals surface area contributed by atoms with Crippen molar-refractivity contribution in [2.75, 3.05) is 4.72 Å². The van der Waals surface area contributed by atoms with E-state index in [-0.39, 0.29) is 16.3 Å². The molecule has 22 heavy (non-hydrogen) atoms. The van der Waals surface area contributed by atoms with Crippen LogP contribution in [0.3, 0.4) is 0 Å². The van der Waals surface area contributed by atoms with E-state index in [2.05, 4.69) is 4.72 Å². The highest BCUT2D eigenvalue weighted by molar-refractivity contribution is 7.92. The number of rotatable bonds is 4. The van der Waals surface area contributed by atoms with Crippen molar-refractivity contribution in [3.05, 3.63) is 63.5 Å². The van der Waals surface area contributed by atoms with E-state index in [0.717, 1.165) is 18.2 Å². The summed E-state index contributed by atoms with van der Waals surface area (Å²) in [6.07, 6.45) is 0. The van der Waals surface area contributed by atoms with Crippen molar-refractivity contribution in [1.82, 2.24) is 0 Å². The first kappa shape index (κ1) is 15.9. The molecule has 0 saturated carbocycles. The van der Waals surface area contributed by atoms with Crippen molar-refractivity contribution >= 4 is 21.4 Å². The van der Waals surface area contributed by atoms with Gasteiger partial charge in [0.2, 0.25) is 0 Å². The van der Waals surface area contributed by atoms with Crippen LogP contribution in [0.2, 0.25) is 0 Å². The molecule has 2 aromatic carbocycles. The minimum atomic E-state index is -4.01. The summed E-state index contributed by atoms with van der Waals surface area (Å²) in [7, 11) is -4.01. The predicted octanol–water partition coefficient (Wildman–Crippen LogP) is 3.15. The van der Waals surface area contributed by atoms with Crippen LogP contribution < -0.4 is 4.72 Å². The molecule has 2 rings (SSSR count). The third-order valence-corrected chi connectivity index (χ3v) is 4.71. The molecule has 116 valence electrons. The van der Waals surface area contributed by atoms with E-state index in [1.807, 2.05) is 0 Å². The van der Waals surface area contributed by atoms with Gasteiger partial charge in [-0.3, -0.25) is 14.8 Å². The van der Waals surface area contributed by atoms with Crippen molar-refractivity contribution in [3.63, 3.8) is 0 Å². The van der Waals surface area contributed by atoms with Gasteiger partial charge in [-0.25, -0.2) is 12.8 Å². The number of nitro benzene ring substituents is 1. The summed E-state index contributed by atoms with van der Waals surface area (Å²) < 4.78 is 39.9. The summed E-state index contributed by atoms with van der Waals surface area (Å²) in [6.45, 7) is 3.16. The molecule has 0 aliphatic rings. The number of hydrogen-bond acceptors (Lipinski definition) is 4. The Labute approximate surface area is 126 Å². The van der Waals surface area contributed by atoms with Gasteiger partial charge in [-0.2, -0.15) is 0 Å². The summed E-state index contributed by atoms with van der Waals surface area (Å²) in [4.78, 5) is 10.1. The highest BCUT2D eigenvalue weighted by Crippen LogP contribution is 2.27. The number of non-ortho nitro benzene ring substituents is 1. The molecule has 0 bridgehead atoms. The van der Waals surface area contributed by atoms with E-state index >= 15 is 0 Å². The third kappa shape index (κ3) is 3.22. The smallest absolute Gasteiger partial charge is 0.271 e. The predicted molar refractivity (Wildman–Crippen MR) is 79.8 cm³/mol. The van der Waals surface area contributed by atoms with Crippen molar-refractivity contribution in [3.8, 4) is 0 Å². The first-order valence-electron chi connectivity index (χ1n) is 6.25. The molecular weight excluding hydrogens is 311 g/mol. The maximum absolute atomic E-state index is 12.8. The average Bonchev–Trinajstić information content (AvgIpc) is 2.43. The van der Waals surface area contributed by atoms with Crippen LogP contribution in [-0.4, -0.2) is 13.3 Å². The van der Waals surface area contributed by atoms with Crippen LogP contribution in [-0.2, 0) is 10.0 Å². The van der Waals surface area contributed by atoms with Crippen LogP contribution in [0.1, 0.15) is 11.1 Å². The van der Waals surface area contributed by atoms with Crippen molar-refractivity contribution in [1.29, 1.82) is 0 Å². The first-order chi connectivity index (χ1) is 10.2. The molecule has 8 heteroatoms. The molecule has 0 aliphatic carbocycles. The van der Waals surface area contributed by atoms with Crippen molar-refractivity contribution in [2.24, 2.45) is 0 Å². The topological polar surface area (TPSA) is 89.3 Å². The van der Waals surface area contributed by atoms with E-state index in [4.69, 9.17) is 0 Å². The maximum atomic E-state index is 12.8. The van der Waals surface area contributed by atoms with Crippen LogP contribution in [0.15, 0.2) is 41.3 Å². The molecule has 0 aromatic heterocycles. The molecule has 0 spiro atoms. The fourth-order valence-corrected chi connectivity index (χ4v) is 3.32. The fourth-order valence-electron chi connectivity index (χ4n) is 1.92. The minimum Gasteiger partial charge on any atom is -0.280 e. The van der Waals surface area contributed by atoms with Gasteiger partial charge in [-0.05, 0) is 49.2 Å². The van der Waals surface area contributed by atoms with E-state index in [1.54, 1.807) is 13.8 Å². The summed E-state index contributed by atoms with van der Waals surface area (Å²) in [5.74, 6) is -0.495. The Morgan fingerprint density at radius 1 is 1.14 bits per heavy atom. The molecule has 0 amide bonds. The minimum absolute atomic E-state index is 0.171. The van der Waals surface area contributed by atoms with Gasteiger partial charge in [0.05, 0.1) is 9.82 Å². The quantitative estimate of drug-likeness (QED) is 0.691. The van der Waals surface area contributed by atoms with E-state index in [1.165, 1.54) is 18.2 Å². The number of aryl methyl sites for hydroxylation is 1. The highest BCUT2D eigenvalue weighted by atomic mass is 32.2. The van der Waals surface area contributed by atoms with Crippen LogP contribution in [0.5, 0.6) is 0 Å². The van der Waals surface area contributed by atoms with E-state index in [0.29, 0.717) is 11.1 Å². The monoisotopic (exact) mass is 324 g/mol. The summed E-state index contributed by atoms with van der Waals surface area (Å²) in [5, 5.41) is 10.9. The Hall–Kier alpha value is -2.48. The van der Waals surface area contributed by atoms with Crippen LogP contribution in [0.4, 0.5) is 15.8 Å². The molecular formula is C14H13FN2O4S. The van der Waals surface area contributed by atoms with Gasteiger partial charge in [-0.1, -0.05) is 0 Å². The number of nitro groups is 1. The van der Waals surface area contributed by atoms with Crippen LogP contribution in [0.25, 0.3) is 0 Å². The molecule has 0 radical (unpaired) electrons. The van der Waals surface area contributed by atoms with E-state index < -0.39 is 20.8 Å². The third-order valence-electron chi connectivity index (χ3n) is 3.20. The lowest BCUT2D eigenvalue weighted by molar-refractivity contribution is -0.385. The Bertz CT molecular complexity index is 833. The molecule has 0 aliphatic heterocycles. The van der Waals surface area contributed by atoms with Crippen LogP contribution in [0, 0.1) is 29.8 Å². The standard InChI is InChI=1S/C14H13FN2O4S/c1-9-7-13(17(18)19)8-14(10(9)2)22(20,21)16-12-5-3-11(15)4-6-12/h3-8,16H,1-2H3. The van der Waals surface area contributed by atoms with Gasteiger partial charge in [0.25, 0.3) is 15.7 Å². The second-order valence-electron chi connectivity index (χ2n) is 4.76. The number of nitrogens with zero attached hydrogens (tertiary/aromatic N) is 1. The summed E-state index contributed by atoms with van der Waals surface area (Å²) in [5.41, 5.74) is 0.779. The van der Waals surface area contributed by atoms with E-state index in [9.17, 15) is 22.9 Å². The Morgan fingerprint density at radius 2 is 1.73 bits per heavy atom. The summed E-state index contributed by atoms with van der Waals surface area (Å²) in [6, 6.07) is 7.09. The number of halogens is 1. The number of nitrogens with one attached hydrogen (secondary N) is 1. The lowest BCUT2D eigenvalue weighted by Crippen LogP contribution is -2.15. The average molecular weight is 324 g/mol. The summed E-state index contributed by atoms with van der Waals surface area (Å²) >= 11 is 0. The Kier molecular flexibility index (Phi) is 4.14. The molecule has 6 nitrogen and oxygen atoms in total. The van der Waals surface area contributed by atoms with Gasteiger partial charge < -0.3 is 0 Å². The Morgan fingerprint density at radius 3 is 2.27 bits per heavy atom. The number of hydrogen-bond donors (Lipinski definition) is 1. The molecule has 0 fully saturated rings. The van der Waals surface area contributed by atoms with Gasteiger partial charge in [0.15, 0.2) is 0 Å². The first-order valence-corrected chi connectivity index (χ1v) is 7.73. The Balaban J connectivity index is 2.49. The zero-order valence-corrected chi connectivity index (χ0v) is 12.6. The zero-order chi connectivity index (χ0) is 16.5. The van der Waals surface area contributed by atoms with Crippen LogP contribution >= 0.6 is 0 Å².